The number of carbonyl (C=O) groups excluding carboxylic acids is 2. The van der Waals surface area contributed by atoms with Crippen molar-refractivity contribution in [2.75, 3.05) is 11.4 Å². The molecule has 0 bridgehead atoms. The van der Waals surface area contributed by atoms with Crippen LogP contribution < -0.4 is 10.2 Å². The van der Waals surface area contributed by atoms with Crippen LogP contribution in [-0.2, 0) is 16.1 Å². The molecule has 2 fully saturated rings. The van der Waals surface area contributed by atoms with Crippen molar-refractivity contribution in [3.05, 3.63) is 29.8 Å². The molecule has 0 aromatic heterocycles. The molecular formula is C16H20N2O2. The van der Waals surface area contributed by atoms with Gasteiger partial charge in [-0.3, -0.25) is 14.5 Å². The minimum atomic E-state index is -0.147. The lowest BCUT2D eigenvalue weighted by Gasteiger charge is -2.21. The van der Waals surface area contributed by atoms with Crippen molar-refractivity contribution in [2.24, 2.45) is 17.3 Å². The highest BCUT2D eigenvalue weighted by molar-refractivity contribution is 6.25. The van der Waals surface area contributed by atoms with E-state index >= 15 is 0 Å². The van der Waals surface area contributed by atoms with Crippen molar-refractivity contribution in [1.29, 1.82) is 0 Å². The maximum absolute atomic E-state index is 12.4. The van der Waals surface area contributed by atoms with Crippen LogP contribution in [0.1, 0.15) is 26.3 Å². The van der Waals surface area contributed by atoms with Crippen LogP contribution in [0.5, 0.6) is 0 Å². The van der Waals surface area contributed by atoms with Crippen molar-refractivity contribution in [1.82, 2.24) is 5.32 Å². The first kappa shape index (κ1) is 13.3. The van der Waals surface area contributed by atoms with Crippen LogP contribution in [-0.4, -0.2) is 18.4 Å². The molecule has 2 unspecified atom stereocenters. The van der Waals surface area contributed by atoms with Crippen LogP contribution in [0.3, 0.4) is 0 Å². The molecule has 1 saturated heterocycles. The average Bonchev–Trinajstić information content (AvgIpc) is 2.87. The van der Waals surface area contributed by atoms with Gasteiger partial charge in [0.05, 0.1) is 17.5 Å². The molecule has 2 aliphatic rings. The topological polar surface area (TPSA) is 49.4 Å². The Morgan fingerprint density at radius 1 is 1.20 bits per heavy atom. The molecule has 2 amide bonds. The molecule has 4 heteroatoms. The summed E-state index contributed by atoms with van der Waals surface area (Å²) in [7, 11) is 0. The minimum absolute atomic E-state index is 0.0365. The fraction of sp³-hybridized carbons (Fsp3) is 0.500. The van der Waals surface area contributed by atoms with Crippen molar-refractivity contribution in [3.8, 4) is 0 Å². The number of fused-ring (bicyclic) bond motifs is 1. The van der Waals surface area contributed by atoms with E-state index in [-0.39, 0.29) is 29.1 Å². The number of hydrogen-bond acceptors (Lipinski definition) is 3. The highest BCUT2D eigenvalue weighted by Gasteiger charge is 2.72. The molecule has 1 aliphatic heterocycles. The van der Waals surface area contributed by atoms with E-state index in [0.29, 0.717) is 5.69 Å². The quantitative estimate of drug-likeness (QED) is 0.852. The summed E-state index contributed by atoms with van der Waals surface area (Å²) in [5.41, 5.74) is 1.65. The predicted molar refractivity (Wildman–Crippen MR) is 77.1 cm³/mol. The standard InChI is InChI=1S/C16H20N2O2/c1-4-17-9-10-6-5-7-11(8-10)18-14(19)12-13(15(18)20)16(12,2)3/h5-8,12-13,17H,4,9H2,1-3H3. The summed E-state index contributed by atoms with van der Waals surface area (Å²) < 4.78 is 0. The molecule has 1 aromatic rings. The zero-order chi connectivity index (χ0) is 14.5. The van der Waals surface area contributed by atoms with Gasteiger partial charge in [-0.2, -0.15) is 0 Å². The van der Waals surface area contributed by atoms with Crippen LogP contribution in [0.2, 0.25) is 0 Å². The Labute approximate surface area is 119 Å². The van der Waals surface area contributed by atoms with Gasteiger partial charge in [-0.15, -0.1) is 0 Å². The number of hydrogen-bond donors (Lipinski definition) is 1. The first-order valence-corrected chi connectivity index (χ1v) is 7.16. The fourth-order valence-corrected chi connectivity index (χ4v) is 3.28. The van der Waals surface area contributed by atoms with Gasteiger partial charge in [-0.1, -0.05) is 32.9 Å². The second-order valence-corrected chi connectivity index (χ2v) is 6.24. The number of carbonyl (C=O) groups is 2. The number of amides is 2. The number of anilines is 1. The monoisotopic (exact) mass is 272 g/mol. The lowest BCUT2D eigenvalue weighted by molar-refractivity contribution is -0.125. The van der Waals surface area contributed by atoms with Gasteiger partial charge in [-0.05, 0) is 29.7 Å². The summed E-state index contributed by atoms with van der Waals surface area (Å²) in [6, 6.07) is 7.67. The summed E-state index contributed by atoms with van der Waals surface area (Å²) >= 11 is 0. The third kappa shape index (κ3) is 1.79. The van der Waals surface area contributed by atoms with E-state index in [1.165, 1.54) is 4.90 Å². The fourth-order valence-electron chi connectivity index (χ4n) is 3.28. The molecule has 0 radical (unpaired) electrons. The number of benzene rings is 1. The lowest BCUT2D eigenvalue weighted by atomic mass is 10.0. The zero-order valence-corrected chi connectivity index (χ0v) is 12.1. The number of rotatable bonds is 4. The Morgan fingerprint density at radius 3 is 2.45 bits per heavy atom. The molecular weight excluding hydrogens is 252 g/mol. The van der Waals surface area contributed by atoms with E-state index in [0.717, 1.165) is 18.7 Å². The number of imide groups is 1. The minimum Gasteiger partial charge on any atom is -0.313 e. The van der Waals surface area contributed by atoms with Crippen molar-refractivity contribution in [3.63, 3.8) is 0 Å². The van der Waals surface area contributed by atoms with Gasteiger partial charge in [0.1, 0.15) is 0 Å². The van der Waals surface area contributed by atoms with E-state index in [4.69, 9.17) is 0 Å². The summed E-state index contributed by atoms with van der Waals surface area (Å²) in [5, 5.41) is 3.25. The van der Waals surface area contributed by atoms with Crippen LogP contribution in [0.25, 0.3) is 0 Å². The van der Waals surface area contributed by atoms with Gasteiger partial charge >= 0.3 is 0 Å². The van der Waals surface area contributed by atoms with Gasteiger partial charge in [0.25, 0.3) is 0 Å². The van der Waals surface area contributed by atoms with Gasteiger partial charge < -0.3 is 5.32 Å². The molecule has 0 spiro atoms. The average molecular weight is 272 g/mol. The first-order valence-electron chi connectivity index (χ1n) is 7.16. The van der Waals surface area contributed by atoms with E-state index in [2.05, 4.69) is 5.32 Å². The van der Waals surface area contributed by atoms with E-state index in [1.807, 2.05) is 45.0 Å². The maximum atomic E-state index is 12.4. The zero-order valence-electron chi connectivity index (χ0n) is 12.1. The smallest absolute Gasteiger partial charge is 0.238 e. The summed E-state index contributed by atoms with van der Waals surface area (Å²) in [6.45, 7) is 7.68. The second kappa shape index (κ2) is 4.42. The highest BCUT2D eigenvalue weighted by atomic mass is 16.2. The number of nitrogens with one attached hydrogen (secondary N) is 1. The van der Waals surface area contributed by atoms with E-state index in [1.54, 1.807) is 0 Å². The third-order valence-electron chi connectivity index (χ3n) is 4.55. The third-order valence-corrected chi connectivity index (χ3v) is 4.55. The predicted octanol–water partition coefficient (Wildman–Crippen LogP) is 1.94. The van der Waals surface area contributed by atoms with Gasteiger partial charge in [-0.25, -0.2) is 0 Å². The van der Waals surface area contributed by atoms with Crippen molar-refractivity contribution >= 4 is 17.5 Å². The molecule has 1 heterocycles. The molecule has 1 saturated carbocycles. The molecule has 2 atom stereocenters. The number of piperidine rings is 1. The molecule has 20 heavy (non-hydrogen) atoms. The lowest BCUT2D eigenvalue weighted by Crippen LogP contribution is -2.36. The highest BCUT2D eigenvalue weighted by Crippen LogP contribution is 2.63. The Balaban J connectivity index is 1.84. The Morgan fingerprint density at radius 2 is 1.85 bits per heavy atom. The summed E-state index contributed by atoms with van der Waals surface area (Å²) in [4.78, 5) is 26.1. The Bertz CT molecular complexity index is 556. The van der Waals surface area contributed by atoms with Crippen molar-refractivity contribution < 1.29 is 9.59 Å². The first-order chi connectivity index (χ1) is 9.48. The van der Waals surface area contributed by atoms with Crippen LogP contribution >= 0.6 is 0 Å². The van der Waals surface area contributed by atoms with E-state index in [9.17, 15) is 9.59 Å². The maximum Gasteiger partial charge on any atom is 0.238 e. The van der Waals surface area contributed by atoms with Gasteiger partial charge in [0.2, 0.25) is 11.8 Å². The summed E-state index contributed by atoms with van der Waals surface area (Å²) in [5.74, 6) is -0.309. The molecule has 3 rings (SSSR count). The normalized spacial score (nSPS) is 26.9. The Hall–Kier alpha value is -1.68. The largest absolute Gasteiger partial charge is 0.313 e. The van der Waals surface area contributed by atoms with Gasteiger partial charge in [0, 0.05) is 6.54 Å². The van der Waals surface area contributed by atoms with Crippen LogP contribution in [0, 0.1) is 17.3 Å². The van der Waals surface area contributed by atoms with Gasteiger partial charge in [0.15, 0.2) is 0 Å². The molecule has 1 aliphatic carbocycles. The Kier molecular flexibility index (Phi) is 2.94. The molecule has 4 nitrogen and oxygen atoms in total. The SMILES string of the molecule is CCNCc1cccc(N2C(=O)C3C(C2=O)C3(C)C)c1. The van der Waals surface area contributed by atoms with Crippen LogP contribution in [0.15, 0.2) is 24.3 Å². The van der Waals surface area contributed by atoms with Crippen molar-refractivity contribution in [2.45, 2.75) is 27.3 Å². The summed E-state index contributed by atoms with van der Waals surface area (Å²) in [6.07, 6.45) is 0. The van der Waals surface area contributed by atoms with E-state index < -0.39 is 0 Å². The molecule has 1 N–H and O–H groups in total. The number of nitrogens with zero attached hydrogens (tertiary/aromatic N) is 1. The van der Waals surface area contributed by atoms with Crippen LogP contribution in [0.4, 0.5) is 5.69 Å². The second-order valence-electron chi connectivity index (χ2n) is 6.24. The molecule has 106 valence electrons. The molecule has 1 aromatic carbocycles.